The van der Waals surface area contributed by atoms with E-state index in [-0.39, 0.29) is 0 Å². The molecule has 0 saturated heterocycles. The molecule has 0 radical (unpaired) electrons. The highest BCUT2D eigenvalue weighted by Crippen LogP contribution is 2.53. The maximum absolute atomic E-state index is 14.1. The Morgan fingerprint density at radius 2 is 1.44 bits per heavy atom. The van der Waals surface area contributed by atoms with E-state index in [1.165, 1.54) is 18.4 Å². The fourth-order valence-electron chi connectivity index (χ4n) is 4.21. The number of allylic oxidation sites excluding steroid dienone is 1. The molecule has 190 valence electrons. The van der Waals surface area contributed by atoms with Gasteiger partial charge in [-0.3, -0.25) is 0 Å². The average Bonchev–Trinajstić information content (AvgIpc) is 2.88. The van der Waals surface area contributed by atoms with Gasteiger partial charge in [-0.05, 0) is 55.2 Å². The lowest BCUT2D eigenvalue weighted by atomic mass is 9.89. The molecule has 0 unspecified atom stereocenters. The molecule has 1 aliphatic rings. The number of phosphoric acid groups is 1. The lowest BCUT2D eigenvalue weighted by Crippen LogP contribution is -2.14. The van der Waals surface area contributed by atoms with Gasteiger partial charge in [0.25, 0.3) is 0 Å². The summed E-state index contributed by atoms with van der Waals surface area (Å²) in [6.07, 6.45) is 5.93. The normalized spacial score (nSPS) is 13.3. The Morgan fingerprint density at radius 1 is 0.778 bits per heavy atom. The smallest absolute Gasteiger partial charge is 0.390 e. The summed E-state index contributed by atoms with van der Waals surface area (Å²) >= 11 is 0. The molecule has 0 aromatic heterocycles. The van der Waals surface area contributed by atoms with Crippen LogP contribution in [0.25, 0.3) is 5.57 Å². The second kappa shape index (κ2) is 12.8. The molecule has 0 fully saturated rings. The molecule has 4 rings (SSSR count). The topological polar surface area (TPSA) is 54.0 Å². The highest BCUT2D eigenvalue weighted by atomic mass is 31.2. The number of rotatable bonds is 13. The third-order valence-electron chi connectivity index (χ3n) is 6.08. The average molecular weight is 507 g/mol. The number of phosphoric ester groups is 1. The minimum atomic E-state index is -4.06. The van der Waals surface area contributed by atoms with Crippen LogP contribution in [0.5, 0.6) is 11.5 Å². The molecule has 0 atom stereocenters. The molecule has 3 aromatic rings. The number of benzene rings is 3. The first-order valence-electron chi connectivity index (χ1n) is 12.7. The molecule has 0 heterocycles. The van der Waals surface area contributed by atoms with Gasteiger partial charge in [0.1, 0.15) is 17.3 Å². The summed E-state index contributed by atoms with van der Waals surface area (Å²) in [7, 11) is -4.06. The number of ether oxygens (including phenoxy) is 1. The number of hydrogen-bond donors (Lipinski definition) is 0. The van der Waals surface area contributed by atoms with Crippen LogP contribution in [-0.4, -0.2) is 13.2 Å². The molecule has 0 spiro atoms. The molecular formula is C30H35O5P. The number of hydrogen-bond acceptors (Lipinski definition) is 5. The van der Waals surface area contributed by atoms with Crippen LogP contribution < -0.4 is 9.05 Å². The molecule has 1 aliphatic carbocycles. The minimum Gasteiger partial charge on any atom is -0.390 e. The Morgan fingerprint density at radius 3 is 2.08 bits per heavy atom. The van der Waals surface area contributed by atoms with Crippen molar-refractivity contribution < 1.29 is 22.9 Å². The van der Waals surface area contributed by atoms with Crippen LogP contribution in [0.2, 0.25) is 0 Å². The Balaban J connectivity index is 1.63. The highest BCUT2D eigenvalue weighted by molar-refractivity contribution is 7.49. The van der Waals surface area contributed by atoms with Crippen molar-refractivity contribution in [3.05, 3.63) is 101 Å². The maximum atomic E-state index is 14.1. The summed E-state index contributed by atoms with van der Waals surface area (Å²) in [5.74, 6) is 1.42. The molecule has 0 bridgehead atoms. The molecule has 0 aliphatic heterocycles. The molecule has 5 nitrogen and oxygen atoms in total. The largest absolute Gasteiger partial charge is 0.646 e. The summed E-state index contributed by atoms with van der Waals surface area (Å²) in [5, 5.41) is 0. The quantitative estimate of drug-likeness (QED) is 0.172. The number of para-hydroxylation sites is 2. The van der Waals surface area contributed by atoms with Crippen molar-refractivity contribution in [2.24, 2.45) is 0 Å². The van der Waals surface area contributed by atoms with Crippen molar-refractivity contribution in [1.82, 2.24) is 0 Å². The zero-order chi connectivity index (χ0) is 25.2. The maximum Gasteiger partial charge on any atom is 0.646 e. The Kier molecular flexibility index (Phi) is 9.27. The van der Waals surface area contributed by atoms with Gasteiger partial charge >= 0.3 is 7.82 Å². The monoisotopic (exact) mass is 506 g/mol. The van der Waals surface area contributed by atoms with Crippen LogP contribution in [-0.2, 0) is 20.2 Å². The lowest BCUT2D eigenvalue weighted by molar-refractivity contribution is 0.159. The van der Waals surface area contributed by atoms with Crippen molar-refractivity contribution in [2.45, 2.75) is 52.4 Å². The minimum absolute atomic E-state index is 0.384. The van der Waals surface area contributed by atoms with Crippen molar-refractivity contribution in [2.75, 3.05) is 13.2 Å². The van der Waals surface area contributed by atoms with E-state index in [0.29, 0.717) is 36.9 Å². The van der Waals surface area contributed by atoms with Gasteiger partial charge in [-0.1, -0.05) is 86.3 Å². The van der Waals surface area contributed by atoms with Crippen LogP contribution in [0.3, 0.4) is 0 Å². The van der Waals surface area contributed by atoms with Crippen LogP contribution in [0.4, 0.5) is 0 Å². The molecular weight excluding hydrogens is 471 g/mol. The highest BCUT2D eigenvalue weighted by Gasteiger charge is 2.36. The van der Waals surface area contributed by atoms with E-state index >= 15 is 0 Å². The van der Waals surface area contributed by atoms with Crippen LogP contribution >= 0.6 is 7.82 Å². The van der Waals surface area contributed by atoms with E-state index in [1.807, 2.05) is 36.4 Å². The van der Waals surface area contributed by atoms with E-state index in [0.717, 1.165) is 36.0 Å². The fourth-order valence-corrected chi connectivity index (χ4v) is 5.56. The molecule has 6 heteroatoms. The second-order valence-electron chi connectivity index (χ2n) is 9.02. The first-order chi connectivity index (χ1) is 17.6. The van der Waals surface area contributed by atoms with Gasteiger partial charge in [0.2, 0.25) is 0 Å². The van der Waals surface area contributed by atoms with Crippen molar-refractivity contribution in [3.63, 3.8) is 0 Å². The van der Waals surface area contributed by atoms with E-state index in [4.69, 9.17) is 18.3 Å². The van der Waals surface area contributed by atoms with E-state index in [1.54, 1.807) is 24.3 Å². The standard InChI is InChI=1S/C30H35O5P/c1-3-4-5-12-21-32-23-29-28-22-24(2)17-18-25(28)19-20-30(29)35-36(31,33-26-13-8-6-9-14-26)34-27-15-10-7-11-16-27/h6-11,13-18,22H,3-5,12,19-21,23H2,1-2H3. The number of fused-ring (bicyclic) bond motifs is 1. The molecule has 3 aromatic carbocycles. The summed E-state index contributed by atoms with van der Waals surface area (Å²) in [6, 6.07) is 24.4. The first-order valence-corrected chi connectivity index (χ1v) is 14.2. The van der Waals surface area contributed by atoms with Gasteiger partial charge in [-0.15, -0.1) is 0 Å². The summed E-state index contributed by atoms with van der Waals surface area (Å²) in [5.41, 5.74) is 4.37. The zero-order valence-electron chi connectivity index (χ0n) is 21.2. The lowest BCUT2D eigenvalue weighted by Gasteiger charge is -2.27. The summed E-state index contributed by atoms with van der Waals surface area (Å²) in [4.78, 5) is 0. The van der Waals surface area contributed by atoms with E-state index in [9.17, 15) is 4.57 Å². The zero-order valence-corrected chi connectivity index (χ0v) is 22.0. The van der Waals surface area contributed by atoms with Gasteiger partial charge in [0.15, 0.2) is 0 Å². The molecule has 0 amide bonds. The third kappa shape index (κ3) is 7.25. The molecule has 0 N–H and O–H groups in total. The van der Waals surface area contributed by atoms with Crippen LogP contribution in [0.1, 0.15) is 55.7 Å². The van der Waals surface area contributed by atoms with Gasteiger partial charge in [0.05, 0.1) is 6.61 Å². The second-order valence-corrected chi connectivity index (χ2v) is 10.5. The van der Waals surface area contributed by atoms with E-state index in [2.05, 4.69) is 32.0 Å². The van der Waals surface area contributed by atoms with Gasteiger partial charge in [-0.25, -0.2) is 0 Å². The number of aryl methyl sites for hydroxylation is 2. The number of unbranched alkanes of at least 4 members (excludes halogenated alkanes) is 3. The fraction of sp³-hybridized carbons (Fsp3) is 0.333. The van der Waals surface area contributed by atoms with Crippen LogP contribution in [0, 0.1) is 6.92 Å². The Labute approximate surface area is 214 Å². The van der Waals surface area contributed by atoms with Crippen molar-refractivity contribution in [3.8, 4) is 11.5 Å². The Bertz CT molecular complexity index is 1140. The summed E-state index contributed by atoms with van der Waals surface area (Å²) < 4.78 is 38.1. The van der Waals surface area contributed by atoms with Crippen LogP contribution in [0.15, 0.2) is 84.6 Å². The first kappa shape index (κ1) is 26.1. The van der Waals surface area contributed by atoms with Gasteiger partial charge in [0, 0.05) is 18.6 Å². The third-order valence-corrected chi connectivity index (χ3v) is 7.39. The van der Waals surface area contributed by atoms with E-state index < -0.39 is 7.82 Å². The van der Waals surface area contributed by atoms with Crippen molar-refractivity contribution >= 4 is 13.4 Å². The Hall–Kier alpha value is -3.01. The summed E-state index contributed by atoms with van der Waals surface area (Å²) in [6.45, 7) is 5.33. The SMILES string of the molecule is CCCCCCOCC1=C(OP(=O)(Oc2ccccc2)Oc2ccccc2)CCc2ccc(C)cc21. The molecule has 0 saturated carbocycles. The molecule has 36 heavy (non-hydrogen) atoms. The van der Waals surface area contributed by atoms with Gasteiger partial charge < -0.3 is 18.3 Å². The predicted octanol–water partition coefficient (Wildman–Crippen LogP) is 8.53. The van der Waals surface area contributed by atoms with Gasteiger partial charge in [-0.2, -0.15) is 4.57 Å². The van der Waals surface area contributed by atoms with Crippen molar-refractivity contribution in [1.29, 1.82) is 0 Å². The predicted molar refractivity (Wildman–Crippen MR) is 144 cm³/mol.